The molecule has 0 radical (unpaired) electrons. The van der Waals surface area contributed by atoms with Crippen molar-refractivity contribution in [2.24, 2.45) is 7.05 Å². The molecule has 0 fully saturated rings. The van der Waals surface area contributed by atoms with Gasteiger partial charge in [-0.1, -0.05) is 18.5 Å². The standard InChI is InChI=1S/C12H15ClN4OS/c1-7(12-15-8(2)6-19-12)4-14-11(18)10-9(13)5-17(3)16-10/h5-7H,4H2,1-3H3,(H,14,18)/t7-/m0/s1. The van der Waals surface area contributed by atoms with Gasteiger partial charge in [0.15, 0.2) is 5.69 Å². The molecule has 1 amide bonds. The number of nitrogens with one attached hydrogen (secondary N) is 1. The Hall–Kier alpha value is -1.40. The maximum atomic E-state index is 11.9. The lowest BCUT2D eigenvalue weighted by Crippen LogP contribution is -2.28. The number of hydrogen-bond donors (Lipinski definition) is 1. The van der Waals surface area contributed by atoms with Crippen molar-refractivity contribution < 1.29 is 4.79 Å². The summed E-state index contributed by atoms with van der Waals surface area (Å²) in [5.74, 6) is -0.0872. The summed E-state index contributed by atoms with van der Waals surface area (Å²) in [5, 5.41) is 10.2. The summed E-state index contributed by atoms with van der Waals surface area (Å²) in [6.07, 6.45) is 1.60. The molecule has 0 spiro atoms. The Morgan fingerprint density at radius 2 is 2.37 bits per heavy atom. The molecular weight excluding hydrogens is 284 g/mol. The van der Waals surface area contributed by atoms with Crippen LogP contribution in [-0.4, -0.2) is 27.2 Å². The first-order chi connectivity index (χ1) is 8.97. The van der Waals surface area contributed by atoms with Crippen LogP contribution in [0.5, 0.6) is 0 Å². The van der Waals surface area contributed by atoms with E-state index in [1.807, 2.05) is 19.2 Å². The first-order valence-corrected chi connectivity index (χ1v) is 7.12. The maximum absolute atomic E-state index is 11.9. The lowest BCUT2D eigenvalue weighted by atomic mass is 10.2. The number of carbonyl (C=O) groups excluding carboxylic acids is 1. The fourth-order valence-corrected chi connectivity index (χ4v) is 2.75. The molecule has 2 aromatic heterocycles. The first kappa shape index (κ1) is 14.0. The van der Waals surface area contributed by atoms with Crippen LogP contribution in [0.25, 0.3) is 0 Å². The zero-order chi connectivity index (χ0) is 14.0. The third-order valence-corrected chi connectivity index (χ3v) is 4.10. The van der Waals surface area contributed by atoms with E-state index in [4.69, 9.17) is 11.6 Å². The molecule has 0 saturated heterocycles. The zero-order valence-corrected chi connectivity index (χ0v) is 12.5. The van der Waals surface area contributed by atoms with Crippen LogP contribution in [0.2, 0.25) is 5.02 Å². The van der Waals surface area contributed by atoms with Crippen molar-refractivity contribution in [1.82, 2.24) is 20.1 Å². The highest BCUT2D eigenvalue weighted by Gasteiger charge is 2.16. The van der Waals surface area contributed by atoms with E-state index in [-0.39, 0.29) is 17.5 Å². The van der Waals surface area contributed by atoms with E-state index in [0.29, 0.717) is 11.6 Å². The lowest BCUT2D eigenvalue weighted by molar-refractivity contribution is 0.0946. The van der Waals surface area contributed by atoms with Gasteiger partial charge in [-0.25, -0.2) is 4.98 Å². The number of halogens is 1. The molecule has 19 heavy (non-hydrogen) atoms. The molecule has 0 aliphatic carbocycles. The highest BCUT2D eigenvalue weighted by molar-refractivity contribution is 7.09. The molecule has 2 rings (SSSR count). The summed E-state index contributed by atoms with van der Waals surface area (Å²) < 4.78 is 1.52. The molecular formula is C12H15ClN4OS. The summed E-state index contributed by atoms with van der Waals surface area (Å²) in [5.41, 5.74) is 1.26. The topological polar surface area (TPSA) is 59.8 Å². The predicted molar refractivity (Wildman–Crippen MR) is 75.8 cm³/mol. The van der Waals surface area contributed by atoms with Crippen molar-refractivity contribution in [3.63, 3.8) is 0 Å². The normalized spacial score (nSPS) is 12.4. The van der Waals surface area contributed by atoms with E-state index in [2.05, 4.69) is 15.4 Å². The number of hydrogen-bond acceptors (Lipinski definition) is 4. The summed E-state index contributed by atoms with van der Waals surface area (Å²) in [4.78, 5) is 16.3. The van der Waals surface area contributed by atoms with E-state index in [9.17, 15) is 4.79 Å². The number of aryl methyl sites for hydroxylation is 2. The van der Waals surface area contributed by atoms with Crippen molar-refractivity contribution in [2.45, 2.75) is 19.8 Å². The number of nitrogens with zero attached hydrogens (tertiary/aromatic N) is 3. The summed E-state index contributed by atoms with van der Waals surface area (Å²) in [6.45, 7) is 4.50. The molecule has 2 aromatic rings. The maximum Gasteiger partial charge on any atom is 0.273 e. The van der Waals surface area contributed by atoms with Gasteiger partial charge >= 0.3 is 0 Å². The second kappa shape index (κ2) is 5.71. The number of amides is 1. The van der Waals surface area contributed by atoms with Gasteiger partial charge in [0.05, 0.1) is 10.0 Å². The Labute approximate surface area is 120 Å². The van der Waals surface area contributed by atoms with E-state index in [0.717, 1.165) is 10.7 Å². The van der Waals surface area contributed by atoms with Gasteiger partial charge in [0.25, 0.3) is 5.91 Å². The van der Waals surface area contributed by atoms with Gasteiger partial charge in [0, 0.05) is 36.8 Å². The predicted octanol–water partition coefficient (Wildman–Crippen LogP) is 2.37. The van der Waals surface area contributed by atoms with E-state index in [1.54, 1.807) is 24.6 Å². The first-order valence-electron chi connectivity index (χ1n) is 5.86. The van der Waals surface area contributed by atoms with Gasteiger partial charge < -0.3 is 5.32 Å². The van der Waals surface area contributed by atoms with Gasteiger partial charge in [-0.2, -0.15) is 5.10 Å². The van der Waals surface area contributed by atoms with Crippen LogP contribution in [0.15, 0.2) is 11.6 Å². The molecule has 7 heteroatoms. The second-order valence-electron chi connectivity index (χ2n) is 4.44. The average Bonchev–Trinajstić information content (AvgIpc) is 2.92. The summed E-state index contributed by atoms with van der Waals surface area (Å²) in [7, 11) is 1.73. The van der Waals surface area contributed by atoms with Gasteiger partial charge in [-0.3, -0.25) is 9.48 Å². The van der Waals surface area contributed by atoms with Crippen LogP contribution in [-0.2, 0) is 7.05 Å². The van der Waals surface area contributed by atoms with Crippen molar-refractivity contribution in [2.75, 3.05) is 6.54 Å². The highest BCUT2D eigenvalue weighted by atomic mass is 35.5. The Morgan fingerprint density at radius 3 is 2.89 bits per heavy atom. The van der Waals surface area contributed by atoms with Crippen LogP contribution < -0.4 is 5.32 Å². The number of thiazole rings is 1. The Balaban J connectivity index is 1.95. The largest absolute Gasteiger partial charge is 0.350 e. The van der Waals surface area contributed by atoms with Crippen molar-refractivity contribution in [3.05, 3.63) is 33.0 Å². The number of carbonyl (C=O) groups is 1. The molecule has 5 nitrogen and oxygen atoms in total. The molecule has 102 valence electrons. The summed E-state index contributed by atoms with van der Waals surface area (Å²) in [6, 6.07) is 0. The smallest absolute Gasteiger partial charge is 0.273 e. The van der Waals surface area contributed by atoms with Crippen LogP contribution in [0.3, 0.4) is 0 Å². The number of aromatic nitrogens is 3. The minimum atomic E-state index is -0.259. The lowest BCUT2D eigenvalue weighted by Gasteiger charge is -2.09. The SMILES string of the molecule is Cc1csc([C@@H](C)CNC(=O)c2nn(C)cc2Cl)n1. The third kappa shape index (κ3) is 3.33. The minimum Gasteiger partial charge on any atom is -0.350 e. The molecule has 0 bridgehead atoms. The van der Waals surface area contributed by atoms with Crippen molar-refractivity contribution in [3.8, 4) is 0 Å². The average molecular weight is 299 g/mol. The fourth-order valence-electron chi connectivity index (χ4n) is 1.63. The van der Waals surface area contributed by atoms with Crippen LogP contribution in [0.4, 0.5) is 0 Å². The molecule has 0 aromatic carbocycles. The minimum absolute atomic E-state index is 0.171. The van der Waals surface area contributed by atoms with Crippen LogP contribution in [0, 0.1) is 6.92 Å². The molecule has 1 atom stereocenters. The Bertz CT molecular complexity index is 592. The second-order valence-corrected chi connectivity index (χ2v) is 5.73. The Kier molecular flexibility index (Phi) is 4.21. The molecule has 0 aliphatic heterocycles. The molecule has 0 unspecified atom stereocenters. The summed E-state index contributed by atoms with van der Waals surface area (Å²) >= 11 is 7.53. The van der Waals surface area contributed by atoms with Gasteiger partial charge in [-0.05, 0) is 6.92 Å². The molecule has 2 heterocycles. The highest BCUT2D eigenvalue weighted by Crippen LogP contribution is 2.19. The third-order valence-electron chi connectivity index (χ3n) is 2.63. The van der Waals surface area contributed by atoms with Crippen LogP contribution in [0.1, 0.15) is 34.0 Å². The monoisotopic (exact) mass is 298 g/mol. The van der Waals surface area contributed by atoms with E-state index >= 15 is 0 Å². The molecule has 0 saturated carbocycles. The van der Waals surface area contributed by atoms with Crippen molar-refractivity contribution in [1.29, 1.82) is 0 Å². The zero-order valence-electron chi connectivity index (χ0n) is 11.0. The van der Waals surface area contributed by atoms with Gasteiger partial charge in [0.1, 0.15) is 0 Å². The van der Waals surface area contributed by atoms with E-state index < -0.39 is 0 Å². The van der Waals surface area contributed by atoms with Gasteiger partial charge in [-0.15, -0.1) is 11.3 Å². The quantitative estimate of drug-likeness (QED) is 0.943. The van der Waals surface area contributed by atoms with Crippen LogP contribution >= 0.6 is 22.9 Å². The molecule has 1 N–H and O–H groups in total. The van der Waals surface area contributed by atoms with Crippen molar-refractivity contribution >= 4 is 28.8 Å². The number of rotatable bonds is 4. The fraction of sp³-hybridized carbons (Fsp3) is 0.417. The molecule has 0 aliphatic rings. The Morgan fingerprint density at radius 1 is 1.63 bits per heavy atom. The van der Waals surface area contributed by atoms with Gasteiger partial charge in [0.2, 0.25) is 0 Å². The van der Waals surface area contributed by atoms with E-state index in [1.165, 1.54) is 4.68 Å².